The van der Waals surface area contributed by atoms with Gasteiger partial charge in [-0.1, -0.05) is 0 Å². The fourth-order valence-corrected chi connectivity index (χ4v) is 2.07. The van der Waals surface area contributed by atoms with Gasteiger partial charge in [-0.15, -0.1) is 0 Å². The predicted molar refractivity (Wildman–Crippen MR) is 60.0 cm³/mol. The van der Waals surface area contributed by atoms with Crippen LogP contribution in [0, 0.1) is 0 Å². The van der Waals surface area contributed by atoms with Crippen LogP contribution in [0.1, 0.15) is 17.7 Å². The lowest BCUT2D eigenvalue weighted by Crippen LogP contribution is -2.20. The molecule has 2 heterocycles. The Hall–Kier alpha value is -1.85. The van der Waals surface area contributed by atoms with Crippen molar-refractivity contribution in [2.45, 2.75) is 19.3 Å². The summed E-state index contributed by atoms with van der Waals surface area (Å²) in [6.07, 6.45) is 2.75. The summed E-state index contributed by atoms with van der Waals surface area (Å²) in [6, 6.07) is 0. The standard InChI is InChI=1S/C10H13N5O/c1-14(2)10-12-9-11-7-5-3-4-6(7)8(16)15(9)13-10/h3-5H2,1-2H3,(H,11,12,13). The number of aryl methyl sites for hydroxylation is 1. The van der Waals surface area contributed by atoms with Crippen LogP contribution in [0.5, 0.6) is 0 Å². The van der Waals surface area contributed by atoms with E-state index < -0.39 is 0 Å². The summed E-state index contributed by atoms with van der Waals surface area (Å²) in [7, 11) is 3.74. The molecule has 0 atom stereocenters. The minimum atomic E-state index is -0.00176. The molecule has 0 amide bonds. The molecule has 0 radical (unpaired) electrons. The molecule has 0 bridgehead atoms. The Kier molecular flexibility index (Phi) is 1.80. The van der Waals surface area contributed by atoms with Gasteiger partial charge in [0.25, 0.3) is 11.3 Å². The van der Waals surface area contributed by atoms with E-state index in [2.05, 4.69) is 15.1 Å². The number of anilines is 1. The lowest BCUT2D eigenvalue weighted by molar-refractivity contribution is 0.859. The summed E-state index contributed by atoms with van der Waals surface area (Å²) in [5, 5.41) is 2.95. The van der Waals surface area contributed by atoms with Crippen LogP contribution in [0.2, 0.25) is 0 Å². The highest BCUT2D eigenvalue weighted by atomic mass is 16.1. The van der Waals surface area contributed by atoms with Crippen LogP contribution in [0.25, 0.3) is 5.78 Å². The van der Waals surface area contributed by atoms with Crippen LogP contribution >= 0.6 is 0 Å². The lowest BCUT2D eigenvalue weighted by Gasteiger charge is -2.04. The maximum absolute atomic E-state index is 12.1. The Morgan fingerprint density at radius 3 is 2.88 bits per heavy atom. The summed E-state index contributed by atoms with van der Waals surface area (Å²) in [5.41, 5.74) is 1.76. The molecule has 2 aromatic rings. The van der Waals surface area contributed by atoms with Crippen molar-refractivity contribution in [3.8, 4) is 0 Å². The van der Waals surface area contributed by atoms with Crippen molar-refractivity contribution >= 4 is 11.7 Å². The van der Waals surface area contributed by atoms with Crippen LogP contribution in [0.15, 0.2) is 4.79 Å². The highest BCUT2D eigenvalue weighted by Crippen LogP contribution is 2.17. The van der Waals surface area contributed by atoms with Gasteiger partial charge in [0.15, 0.2) is 0 Å². The quantitative estimate of drug-likeness (QED) is 0.731. The van der Waals surface area contributed by atoms with E-state index in [9.17, 15) is 4.79 Å². The predicted octanol–water partition coefficient (Wildman–Crippen LogP) is -0.0277. The molecular formula is C10H13N5O. The third kappa shape index (κ3) is 1.16. The summed E-state index contributed by atoms with van der Waals surface area (Å²) in [4.78, 5) is 22.6. The van der Waals surface area contributed by atoms with Gasteiger partial charge in [0.1, 0.15) is 0 Å². The summed E-state index contributed by atoms with van der Waals surface area (Å²) in [5.74, 6) is 1.11. The van der Waals surface area contributed by atoms with E-state index in [1.54, 1.807) is 0 Å². The Morgan fingerprint density at radius 2 is 2.12 bits per heavy atom. The first-order valence-corrected chi connectivity index (χ1v) is 5.34. The normalized spacial score (nSPS) is 14.4. The smallest absolute Gasteiger partial charge is 0.277 e. The monoisotopic (exact) mass is 219 g/mol. The SMILES string of the molecule is CN(C)c1nc2nc3c(c(=O)n2[nH]1)CCC3. The number of H-pyrrole nitrogens is 1. The number of aromatic nitrogens is 4. The fourth-order valence-electron chi connectivity index (χ4n) is 2.07. The molecule has 0 spiro atoms. The van der Waals surface area contributed by atoms with E-state index in [0.29, 0.717) is 11.7 Å². The molecule has 2 aromatic heterocycles. The molecular weight excluding hydrogens is 206 g/mol. The van der Waals surface area contributed by atoms with Crippen molar-refractivity contribution < 1.29 is 0 Å². The number of aromatic amines is 1. The van der Waals surface area contributed by atoms with E-state index in [0.717, 1.165) is 30.5 Å². The van der Waals surface area contributed by atoms with Crippen LogP contribution < -0.4 is 10.5 Å². The number of nitrogens with zero attached hydrogens (tertiary/aromatic N) is 4. The van der Waals surface area contributed by atoms with Crippen molar-refractivity contribution in [3.63, 3.8) is 0 Å². The molecule has 0 aromatic carbocycles. The van der Waals surface area contributed by atoms with Gasteiger partial charge in [-0.2, -0.15) is 9.50 Å². The van der Waals surface area contributed by atoms with Gasteiger partial charge in [0.2, 0.25) is 5.95 Å². The molecule has 3 rings (SSSR count). The van der Waals surface area contributed by atoms with Gasteiger partial charge in [0, 0.05) is 19.7 Å². The average Bonchev–Trinajstić information content (AvgIpc) is 2.83. The Labute approximate surface area is 91.9 Å². The van der Waals surface area contributed by atoms with Gasteiger partial charge < -0.3 is 4.90 Å². The van der Waals surface area contributed by atoms with Crippen LogP contribution in [-0.4, -0.2) is 33.7 Å². The van der Waals surface area contributed by atoms with E-state index >= 15 is 0 Å². The number of fused-ring (bicyclic) bond motifs is 2. The second kappa shape index (κ2) is 3.07. The fraction of sp³-hybridized carbons (Fsp3) is 0.500. The van der Waals surface area contributed by atoms with Crippen molar-refractivity contribution in [3.05, 3.63) is 21.6 Å². The minimum absolute atomic E-state index is 0.00176. The minimum Gasteiger partial charge on any atom is -0.347 e. The number of hydrogen-bond donors (Lipinski definition) is 1. The number of rotatable bonds is 1. The summed E-state index contributed by atoms with van der Waals surface area (Å²) < 4.78 is 1.43. The third-order valence-corrected chi connectivity index (χ3v) is 2.93. The highest BCUT2D eigenvalue weighted by Gasteiger charge is 2.19. The molecule has 6 heteroatoms. The molecule has 6 nitrogen and oxygen atoms in total. The number of hydrogen-bond acceptors (Lipinski definition) is 4. The van der Waals surface area contributed by atoms with Crippen LogP contribution in [0.4, 0.5) is 5.95 Å². The average molecular weight is 219 g/mol. The van der Waals surface area contributed by atoms with Crippen molar-refractivity contribution in [1.82, 2.24) is 19.6 Å². The van der Waals surface area contributed by atoms with Crippen molar-refractivity contribution in [2.75, 3.05) is 19.0 Å². The summed E-state index contributed by atoms with van der Waals surface area (Å²) in [6.45, 7) is 0. The van der Waals surface area contributed by atoms with Crippen LogP contribution in [-0.2, 0) is 12.8 Å². The van der Waals surface area contributed by atoms with Gasteiger partial charge in [-0.3, -0.25) is 9.89 Å². The molecule has 1 N–H and O–H groups in total. The second-order valence-electron chi connectivity index (χ2n) is 4.27. The zero-order valence-corrected chi connectivity index (χ0v) is 9.32. The molecule has 0 aliphatic heterocycles. The lowest BCUT2D eigenvalue weighted by atomic mass is 10.3. The van der Waals surface area contributed by atoms with Crippen molar-refractivity contribution in [2.24, 2.45) is 0 Å². The maximum atomic E-state index is 12.1. The van der Waals surface area contributed by atoms with E-state index in [1.165, 1.54) is 4.52 Å². The van der Waals surface area contributed by atoms with Gasteiger partial charge in [-0.05, 0) is 19.3 Å². The zero-order chi connectivity index (χ0) is 11.3. The molecule has 16 heavy (non-hydrogen) atoms. The molecule has 1 aliphatic carbocycles. The Balaban J connectivity index is 2.33. The molecule has 0 unspecified atom stereocenters. The topological polar surface area (TPSA) is 66.3 Å². The van der Waals surface area contributed by atoms with Gasteiger partial charge in [-0.25, -0.2) is 4.98 Å². The van der Waals surface area contributed by atoms with E-state index in [-0.39, 0.29) is 5.56 Å². The molecule has 1 aliphatic rings. The maximum Gasteiger partial charge on any atom is 0.277 e. The zero-order valence-electron chi connectivity index (χ0n) is 9.32. The van der Waals surface area contributed by atoms with Gasteiger partial charge in [0.05, 0.1) is 5.69 Å². The van der Waals surface area contributed by atoms with E-state index in [1.807, 2.05) is 19.0 Å². The van der Waals surface area contributed by atoms with Crippen molar-refractivity contribution in [1.29, 1.82) is 0 Å². The summed E-state index contributed by atoms with van der Waals surface area (Å²) >= 11 is 0. The molecule has 84 valence electrons. The Bertz CT molecular complexity index is 609. The molecule has 0 saturated carbocycles. The molecule has 0 saturated heterocycles. The highest BCUT2D eigenvalue weighted by molar-refractivity contribution is 5.40. The first kappa shape index (κ1) is 9.38. The van der Waals surface area contributed by atoms with E-state index in [4.69, 9.17) is 0 Å². The van der Waals surface area contributed by atoms with Gasteiger partial charge >= 0.3 is 0 Å². The number of nitrogens with one attached hydrogen (secondary N) is 1. The Morgan fingerprint density at radius 1 is 1.31 bits per heavy atom. The largest absolute Gasteiger partial charge is 0.347 e. The molecule has 0 fully saturated rings. The first-order valence-electron chi connectivity index (χ1n) is 5.34. The third-order valence-electron chi connectivity index (χ3n) is 2.93. The first-order chi connectivity index (χ1) is 7.66. The second-order valence-corrected chi connectivity index (χ2v) is 4.27. The van der Waals surface area contributed by atoms with Crippen LogP contribution in [0.3, 0.4) is 0 Å².